The lowest BCUT2D eigenvalue weighted by Gasteiger charge is -2.11. The summed E-state index contributed by atoms with van der Waals surface area (Å²) in [5.41, 5.74) is 4.05. The van der Waals surface area contributed by atoms with Crippen LogP contribution in [0.15, 0.2) is 42.5 Å². The predicted molar refractivity (Wildman–Crippen MR) is 106 cm³/mol. The largest absolute Gasteiger partial charge is 0.352 e. The average molecular weight is 353 g/mol. The summed E-state index contributed by atoms with van der Waals surface area (Å²) in [6, 6.07) is 12.6. The molecule has 5 nitrogen and oxygen atoms in total. The Morgan fingerprint density at radius 1 is 0.923 bits per heavy atom. The van der Waals surface area contributed by atoms with Gasteiger partial charge >= 0.3 is 0 Å². The number of nitrogens with one attached hydrogen (secondary N) is 2. The first kappa shape index (κ1) is 19.7. The van der Waals surface area contributed by atoms with E-state index in [1.807, 2.05) is 46.1 Å². The number of carbonyl (C=O) groups excluding carboxylic acids is 2. The van der Waals surface area contributed by atoms with Crippen molar-refractivity contribution in [3.8, 4) is 0 Å². The van der Waals surface area contributed by atoms with Gasteiger partial charge in [-0.3, -0.25) is 9.59 Å². The SMILES string of the molecule is Cc1ccc(NC(=O)c2ccc(C(=O)NCCCN(C)C)cc2)c(C)c1. The highest BCUT2D eigenvalue weighted by atomic mass is 16.2. The fraction of sp³-hybridized carbons (Fsp3) is 0.333. The molecule has 5 heteroatoms. The molecule has 0 spiro atoms. The molecule has 0 fully saturated rings. The summed E-state index contributed by atoms with van der Waals surface area (Å²) in [6.45, 7) is 5.54. The number of anilines is 1. The summed E-state index contributed by atoms with van der Waals surface area (Å²) in [5, 5.41) is 5.80. The van der Waals surface area contributed by atoms with E-state index in [0.29, 0.717) is 17.7 Å². The molecule has 0 saturated carbocycles. The van der Waals surface area contributed by atoms with Gasteiger partial charge in [-0.25, -0.2) is 0 Å². The standard InChI is InChI=1S/C21H27N3O2/c1-15-6-11-19(16(2)14-15)23-21(26)18-9-7-17(8-10-18)20(25)22-12-5-13-24(3)4/h6-11,14H,5,12-13H2,1-4H3,(H,22,25)(H,23,26). The maximum Gasteiger partial charge on any atom is 0.255 e. The van der Waals surface area contributed by atoms with Crippen LogP contribution in [-0.4, -0.2) is 43.9 Å². The maximum absolute atomic E-state index is 12.4. The number of amides is 2. The van der Waals surface area contributed by atoms with Crippen LogP contribution in [-0.2, 0) is 0 Å². The van der Waals surface area contributed by atoms with Gasteiger partial charge in [-0.05, 0) is 76.8 Å². The quantitative estimate of drug-likeness (QED) is 0.751. The lowest BCUT2D eigenvalue weighted by Crippen LogP contribution is -2.27. The second-order valence-electron chi connectivity index (χ2n) is 6.76. The highest BCUT2D eigenvalue weighted by Gasteiger charge is 2.10. The van der Waals surface area contributed by atoms with Gasteiger partial charge in [-0.2, -0.15) is 0 Å². The van der Waals surface area contributed by atoms with E-state index < -0.39 is 0 Å². The van der Waals surface area contributed by atoms with Gasteiger partial charge in [0, 0.05) is 23.4 Å². The molecule has 0 unspecified atom stereocenters. The molecule has 2 aromatic carbocycles. The van der Waals surface area contributed by atoms with Gasteiger partial charge in [0.15, 0.2) is 0 Å². The first-order valence-corrected chi connectivity index (χ1v) is 8.78. The van der Waals surface area contributed by atoms with Crippen LogP contribution < -0.4 is 10.6 Å². The minimum absolute atomic E-state index is 0.120. The number of hydrogen-bond donors (Lipinski definition) is 2. The van der Waals surface area contributed by atoms with Gasteiger partial charge < -0.3 is 15.5 Å². The Morgan fingerprint density at radius 2 is 1.54 bits per heavy atom. The zero-order valence-electron chi connectivity index (χ0n) is 15.9. The van der Waals surface area contributed by atoms with Gasteiger partial charge in [-0.1, -0.05) is 17.7 Å². The third-order valence-electron chi connectivity index (χ3n) is 4.11. The van der Waals surface area contributed by atoms with Crippen LogP contribution in [0.4, 0.5) is 5.69 Å². The van der Waals surface area contributed by atoms with Crippen LogP contribution in [0.2, 0.25) is 0 Å². The van der Waals surface area contributed by atoms with Crippen molar-refractivity contribution >= 4 is 17.5 Å². The third-order valence-corrected chi connectivity index (χ3v) is 4.11. The van der Waals surface area contributed by atoms with E-state index in [4.69, 9.17) is 0 Å². The van der Waals surface area contributed by atoms with E-state index in [0.717, 1.165) is 29.8 Å². The molecule has 0 radical (unpaired) electrons. The number of aryl methyl sites for hydroxylation is 2. The molecule has 2 N–H and O–H groups in total. The Bertz CT molecular complexity index is 767. The molecule has 26 heavy (non-hydrogen) atoms. The van der Waals surface area contributed by atoms with Crippen molar-refractivity contribution < 1.29 is 9.59 Å². The van der Waals surface area contributed by atoms with E-state index in [9.17, 15) is 9.59 Å². The first-order chi connectivity index (χ1) is 12.4. The molecule has 0 aliphatic rings. The van der Waals surface area contributed by atoms with Crippen LogP contribution in [0.5, 0.6) is 0 Å². The topological polar surface area (TPSA) is 61.4 Å². The van der Waals surface area contributed by atoms with E-state index in [1.54, 1.807) is 24.3 Å². The van der Waals surface area contributed by atoms with Gasteiger partial charge in [0.2, 0.25) is 0 Å². The van der Waals surface area contributed by atoms with Crippen LogP contribution in [0.1, 0.15) is 38.3 Å². The molecular weight excluding hydrogens is 326 g/mol. The molecule has 0 atom stereocenters. The summed E-state index contributed by atoms with van der Waals surface area (Å²) < 4.78 is 0. The zero-order chi connectivity index (χ0) is 19.1. The normalized spacial score (nSPS) is 10.7. The van der Waals surface area contributed by atoms with Crippen molar-refractivity contribution in [1.29, 1.82) is 0 Å². The molecule has 0 aliphatic heterocycles. The summed E-state index contributed by atoms with van der Waals surface area (Å²) in [4.78, 5) is 26.6. The number of nitrogens with zero attached hydrogens (tertiary/aromatic N) is 1. The third kappa shape index (κ3) is 5.70. The highest BCUT2D eigenvalue weighted by molar-refractivity contribution is 6.05. The van der Waals surface area contributed by atoms with E-state index >= 15 is 0 Å². The van der Waals surface area contributed by atoms with Crippen molar-refractivity contribution in [2.75, 3.05) is 32.5 Å². The van der Waals surface area contributed by atoms with Gasteiger partial charge in [-0.15, -0.1) is 0 Å². The van der Waals surface area contributed by atoms with Crippen molar-refractivity contribution in [1.82, 2.24) is 10.2 Å². The maximum atomic E-state index is 12.4. The molecule has 2 rings (SSSR count). The summed E-state index contributed by atoms with van der Waals surface area (Å²) in [6.07, 6.45) is 0.898. The summed E-state index contributed by atoms with van der Waals surface area (Å²) in [5.74, 6) is -0.306. The minimum atomic E-state index is -0.185. The van der Waals surface area contributed by atoms with Crippen molar-refractivity contribution in [3.63, 3.8) is 0 Å². The van der Waals surface area contributed by atoms with Crippen molar-refractivity contribution in [2.24, 2.45) is 0 Å². The second kappa shape index (κ2) is 9.15. The van der Waals surface area contributed by atoms with Gasteiger partial charge in [0.1, 0.15) is 0 Å². The summed E-state index contributed by atoms with van der Waals surface area (Å²) >= 11 is 0. The van der Waals surface area contributed by atoms with Crippen LogP contribution in [0.25, 0.3) is 0 Å². The van der Waals surface area contributed by atoms with E-state index in [1.165, 1.54) is 0 Å². The fourth-order valence-electron chi connectivity index (χ4n) is 2.62. The smallest absolute Gasteiger partial charge is 0.255 e. The average Bonchev–Trinajstić information content (AvgIpc) is 2.61. The van der Waals surface area contributed by atoms with E-state index in [-0.39, 0.29) is 11.8 Å². The zero-order valence-corrected chi connectivity index (χ0v) is 15.9. The summed E-state index contributed by atoms with van der Waals surface area (Å²) in [7, 11) is 4.01. The molecule has 0 saturated heterocycles. The fourth-order valence-corrected chi connectivity index (χ4v) is 2.62. The van der Waals surface area contributed by atoms with Crippen LogP contribution >= 0.6 is 0 Å². The lowest BCUT2D eigenvalue weighted by atomic mass is 10.1. The van der Waals surface area contributed by atoms with Crippen molar-refractivity contribution in [3.05, 3.63) is 64.7 Å². The Balaban J connectivity index is 1.93. The Hall–Kier alpha value is -2.66. The lowest BCUT2D eigenvalue weighted by molar-refractivity contribution is 0.0950. The second-order valence-corrected chi connectivity index (χ2v) is 6.76. The van der Waals surface area contributed by atoms with Gasteiger partial charge in [0.25, 0.3) is 11.8 Å². The molecule has 2 amide bonds. The molecule has 0 aliphatic carbocycles. The molecule has 0 bridgehead atoms. The predicted octanol–water partition coefficient (Wildman–Crippen LogP) is 3.24. The molecule has 138 valence electrons. The number of carbonyl (C=O) groups is 2. The van der Waals surface area contributed by atoms with Crippen LogP contribution in [0, 0.1) is 13.8 Å². The number of rotatable bonds is 7. The molecule has 0 heterocycles. The minimum Gasteiger partial charge on any atom is -0.352 e. The first-order valence-electron chi connectivity index (χ1n) is 8.78. The number of benzene rings is 2. The molecular formula is C21H27N3O2. The monoisotopic (exact) mass is 353 g/mol. The Kier molecular flexibility index (Phi) is 6.92. The highest BCUT2D eigenvalue weighted by Crippen LogP contribution is 2.17. The van der Waals surface area contributed by atoms with Crippen LogP contribution in [0.3, 0.4) is 0 Å². The molecule has 2 aromatic rings. The molecule has 0 aromatic heterocycles. The Labute approximate surface area is 155 Å². The number of hydrogen-bond acceptors (Lipinski definition) is 3. The van der Waals surface area contributed by atoms with Gasteiger partial charge in [0.05, 0.1) is 0 Å². The van der Waals surface area contributed by atoms with Crippen molar-refractivity contribution in [2.45, 2.75) is 20.3 Å². The Morgan fingerprint density at radius 3 is 2.12 bits per heavy atom. The van der Waals surface area contributed by atoms with E-state index in [2.05, 4.69) is 15.5 Å².